The third kappa shape index (κ3) is 3.57. The van der Waals surface area contributed by atoms with E-state index >= 15 is 0 Å². The van der Waals surface area contributed by atoms with Crippen LogP contribution in [-0.2, 0) is 6.42 Å². The average Bonchev–Trinajstić information content (AvgIpc) is 2.47. The number of aromatic nitrogens is 3. The zero-order chi connectivity index (χ0) is 14.7. The number of benzene rings is 1. The summed E-state index contributed by atoms with van der Waals surface area (Å²) in [7, 11) is 0. The Morgan fingerprint density at radius 2 is 1.90 bits per heavy atom. The summed E-state index contributed by atoms with van der Waals surface area (Å²) in [6.07, 6.45) is 6.93. The van der Waals surface area contributed by atoms with Crippen molar-refractivity contribution in [1.82, 2.24) is 15.0 Å². The van der Waals surface area contributed by atoms with Crippen LogP contribution in [0, 0.1) is 6.92 Å². The fraction of sp³-hybridized carbons (Fsp3) is 0.471. The highest BCUT2D eigenvalue weighted by Gasteiger charge is 2.19. The van der Waals surface area contributed by atoms with Gasteiger partial charge in [0.2, 0.25) is 5.95 Å². The first-order chi connectivity index (χ1) is 10.2. The average molecular weight is 282 g/mol. The van der Waals surface area contributed by atoms with Crippen LogP contribution in [0.2, 0.25) is 0 Å². The van der Waals surface area contributed by atoms with Crippen LogP contribution in [0.15, 0.2) is 24.3 Å². The first-order valence-electron chi connectivity index (χ1n) is 7.76. The summed E-state index contributed by atoms with van der Waals surface area (Å²) in [6, 6.07) is 8.43. The molecule has 1 aromatic carbocycles. The van der Waals surface area contributed by atoms with Gasteiger partial charge in [0.15, 0.2) is 0 Å². The molecule has 1 aliphatic rings. The monoisotopic (exact) mass is 282 g/mol. The standard InChI is InChI=1S/C17H22N4/c1-12-6-5-7-13(10-12)11-15-19-16(21-17(18)20-15)14-8-3-2-4-9-14/h5-7,10,14H,2-4,8-9,11H2,1H3,(H2,18,19,20,21). The Morgan fingerprint density at radius 1 is 1.10 bits per heavy atom. The van der Waals surface area contributed by atoms with Crippen molar-refractivity contribution in [2.45, 2.75) is 51.4 Å². The lowest BCUT2D eigenvalue weighted by atomic mass is 9.89. The second-order valence-corrected chi connectivity index (χ2v) is 5.97. The van der Waals surface area contributed by atoms with Gasteiger partial charge in [0.05, 0.1) is 0 Å². The van der Waals surface area contributed by atoms with Crippen molar-refractivity contribution < 1.29 is 0 Å². The molecule has 1 fully saturated rings. The quantitative estimate of drug-likeness (QED) is 0.937. The lowest BCUT2D eigenvalue weighted by Gasteiger charge is -2.20. The Hall–Kier alpha value is -1.97. The maximum atomic E-state index is 5.89. The largest absolute Gasteiger partial charge is 0.368 e. The van der Waals surface area contributed by atoms with Gasteiger partial charge in [0, 0.05) is 12.3 Å². The fourth-order valence-electron chi connectivity index (χ4n) is 3.08. The summed E-state index contributed by atoms with van der Waals surface area (Å²) in [5.74, 6) is 2.49. The molecule has 4 heteroatoms. The number of anilines is 1. The van der Waals surface area contributed by atoms with Gasteiger partial charge in [-0.2, -0.15) is 9.97 Å². The van der Waals surface area contributed by atoms with Gasteiger partial charge < -0.3 is 5.73 Å². The number of hydrogen-bond donors (Lipinski definition) is 1. The highest BCUT2D eigenvalue weighted by molar-refractivity contribution is 5.26. The van der Waals surface area contributed by atoms with E-state index in [2.05, 4.69) is 46.1 Å². The molecule has 0 atom stereocenters. The molecule has 2 N–H and O–H groups in total. The Morgan fingerprint density at radius 3 is 2.67 bits per heavy atom. The van der Waals surface area contributed by atoms with E-state index in [0.717, 1.165) is 11.6 Å². The number of rotatable bonds is 3. The molecule has 1 aliphatic carbocycles. The van der Waals surface area contributed by atoms with E-state index in [9.17, 15) is 0 Å². The van der Waals surface area contributed by atoms with Gasteiger partial charge in [-0.15, -0.1) is 0 Å². The maximum Gasteiger partial charge on any atom is 0.223 e. The molecule has 4 nitrogen and oxygen atoms in total. The van der Waals surface area contributed by atoms with Crippen LogP contribution in [0.4, 0.5) is 5.95 Å². The maximum absolute atomic E-state index is 5.89. The van der Waals surface area contributed by atoms with Crippen LogP contribution in [0.25, 0.3) is 0 Å². The first kappa shape index (κ1) is 14.0. The van der Waals surface area contributed by atoms with E-state index in [4.69, 9.17) is 5.73 Å². The SMILES string of the molecule is Cc1cccc(Cc2nc(N)nc(C3CCCCC3)n2)c1. The minimum atomic E-state index is 0.355. The van der Waals surface area contributed by atoms with Crippen LogP contribution >= 0.6 is 0 Å². The molecule has 1 aromatic heterocycles. The topological polar surface area (TPSA) is 64.7 Å². The smallest absolute Gasteiger partial charge is 0.223 e. The molecule has 0 bridgehead atoms. The zero-order valence-electron chi connectivity index (χ0n) is 12.5. The molecule has 1 heterocycles. The van der Waals surface area contributed by atoms with Crippen molar-refractivity contribution in [2.24, 2.45) is 0 Å². The van der Waals surface area contributed by atoms with Gasteiger partial charge in [0.1, 0.15) is 11.6 Å². The minimum absolute atomic E-state index is 0.355. The Balaban J connectivity index is 1.83. The number of nitrogens with two attached hydrogens (primary N) is 1. The fourth-order valence-corrected chi connectivity index (χ4v) is 3.08. The van der Waals surface area contributed by atoms with Gasteiger partial charge in [-0.3, -0.25) is 0 Å². The third-order valence-electron chi connectivity index (χ3n) is 4.13. The molecule has 0 amide bonds. The molecule has 3 rings (SSSR count). The molecule has 2 aromatic rings. The van der Waals surface area contributed by atoms with E-state index in [0.29, 0.717) is 18.3 Å². The lowest BCUT2D eigenvalue weighted by molar-refractivity contribution is 0.427. The highest BCUT2D eigenvalue weighted by atomic mass is 15.1. The Bertz CT molecular complexity index is 618. The Labute approximate surface area is 125 Å². The number of hydrogen-bond acceptors (Lipinski definition) is 4. The van der Waals surface area contributed by atoms with Crippen LogP contribution < -0.4 is 5.73 Å². The molecule has 0 aliphatic heterocycles. The van der Waals surface area contributed by atoms with E-state index in [-0.39, 0.29) is 0 Å². The van der Waals surface area contributed by atoms with Gasteiger partial charge in [-0.1, -0.05) is 49.1 Å². The molecule has 1 saturated carbocycles. The summed E-state index contributed by atoms with van der Waals surface area (Å²) in [5, 5.41) is 0. The first-order valence-corrected chi connectivity index (χ1v) is 7.76. The summed E-state index contributed by atoms with van der Waals surface area (Å²) in [4.78, 5) is 13.4. The summed E-state index contributed by atoms with van der Waals surface area (Å²) < 4.78 is 0. The predicted molar refractivity (Wildman–Crippen MR) is 84.1 cm³/mol. The number of nitrogen functional groups attached to an aromatic ring is 1. The molecule has 110 valence electrons. The predicted octanol–water partition coefficient (Wildman–Crippen LogP) is 3.40. The second kappa shape index (κ2) is 6.20. The normalized spacial score (nSPS) is 16.0. The van der Waals surface area contributed by atoms with Crippen molar-refractivity contribution in [3.05, 3.63) is 47.0 Å². The van der Waals surface area contributed by atoms with Crippen molar-refractivity contribution in [2.75, 3.05) is 5.73 Å². The minimum Gasteiger partial charge on any atom is -0.368 e. The van der Waals surface area contributed by atoms with Crippen molar-refractivity contribution in [3.8, 4) is 0 Å². The van der Waals surface area contributed by atoms with Crippen LogP contribution in [0.5, 0.6) is 0 Å². The molecular formula is C17H22N4. The van der Waals surface area contributed by atoms with Gasteiger partial charge in [-0.25, -0.2) is 4.98 Å². The van der Waals surface area contributed by atoms with Crippen LogP contribution in [-0.4, -0.2) is 15.0 Å². The third-order valence-corrected chi connectivity index (χ3v) is 4.13. The van der Waals surface area contributed by atoms with E-state index in [1.165, 1.54) is 43.2 Å². The van der Waals surface area contributed by atoms with E-state index in [1.54, 1.807) is 0 Å². The molecular weight excluding hydrogens is 260 g/mol. The second-order valence-electron chi connectivity index (χ2n) is 5.97. The summed E-state index contributed by atoms with van der Waals surface area (Å²) in [6.45, 7) is 2.10. The lowest BCUT2D eigenvalue weighted by Crippen LogP contribution is -2.13. The number of nitrogens with zero attached hydrogens (tertiary/aromatic N) is 3. The molecule has 0 spiro atoms. The van der Waals surface area contributed by atoms with Gasteiger partial charge in [-0.05, 0) is 25.3 Å². The van der Waals surface area contributed by atoms with Gasteiger partial charge >= 0.3 is 0 Å². The molecule has 0 unspecified atom stereocenters. The Kier molecular flexibility index (Phi) is 4.13. The van der Waals surface area contributed by atoms with Gasteiger partial charge in [0.25, 0.3) is 0 Å². The summed E-state index contributed by atoms with van der Waals surface area (Å²) in [5.41, 5.74) is 8.36. The van der Waals surface area contributed by atoms with Crippen molar-refractivity contribution in [3.63, 3.8) is 0 Å². The van der Waals surface area contributed by atoms with Crippen LogP contribution in [0.1, 0.15) is 60.8 Å². The molecule has 0 saturated heterocycles. The molecule has 21 heavy (non-hydrogen) atoms. The highest BCUT2D eigenvalue weighted by Crippen LogP contribution is 2.30. The zero-order valence-corrected chi connectivity index (χ0v) is 12.5. The van der Waals surface area contributed by atoms with E-state index < -0.39 is 0 Å². The van der Waals surface area contributed by atoms with Crippen LogP contribution in [0.3, 0.4) is 0 Å². The van der Waals surface area contributed by atoms with Crippen molar-refractivity contribution in [1.29, 1.82) is 0 Å². The molecule has 0 radical (unpaired) electrons. The van der Waals surface area contributed by atoms with Crippen molar-refractivity contribution >= 4 is 5.95 Å². The summed E-state index contributed by atoms with van der Waals surface area (Å²) >= 11 is 0. The van der Waals surface area contributed by atoms with E-state index in [1.807, 2.05) is 0 Å². The number of aryl methyl sites for hydroxylation is 1.